The highest BCUT2D eigenvalue weighted by atomic mass is 35.5. The molecule has 29 heavy (non-hydrogen) atoms. The fourth-order valence-corrected chi connectivity index (χ4v) is 5.21. The Morgan fingerprint density at radius 1 is 1.31 bits per heavy atom. The summed E-state index contributed by atoms with van der Waals surface area (Å²) in [4.78, 5) is -0.214. The summed E-state index contributed by atoms with van der Waals surface area (Å²) in [5.41, 5.74) is -2.13. The van der Waals surface area contributed by atoms with Crippen LogP contribution in [0.4, 0.5) is 4.39 Å². The molecule has 0 aromatic heterocycles. The molecule has 7 nitrogen and oxygen atoms in total. The summed E-state index contributed by atoms with van der Waals surface area (Å²) in [6.07, 6.45) is -1.19. The SMILES string of the molecule is N#Cc1ccc(O[C@H]2CN(S(=O)(=O)c3ccc(Cl)cc3Cl)C[C@@]2(O)CO)cc1F. The van der Waals surface area contributed by atoms with Gasteiger partial charge in [-0.1, -0.05) is 23.2 Å². The molecule has 1 aliphatic heterocycles. The summed E-state index contributed by atoms with van der Waals surface area (Å²) in [7, 11) is -4.14. The van der Waals surface area contributed by atoms with Crippen molar-refractivity contribution in [1.29, 1.82) is 5.26 Å². The van der Waals surface area contributed by atoms with E-state index in [1.807, 2.05) is 0 Å². The third kappa shape index (κ3) is 4.19. The number of benzene rings is 2. The molecule has 2 aromatic rings. The van der Waals surface area contributed by atoms with Crippen LogP contribution in [-0.4, -0.2) is 54.3 Å². The number of β-amino-alcohol motifs (C(OH)–C–C–N with tert-alkyl or cyclic N) is 1. The van der Waals surface area contributed by atoms with Crippen LogP contribution in [0.15, 0.2) is 41.3 Å². The van der Waals surface area contributed by atoms with E-state index < -0.39 is 40.7 Å². The zero-order valence-corrected chi connectivity index (χ0v) is 17.0. The lowest BCUT2D eigenvalue weighted by Gasteiger charge is -2.27. The second-order valence-corrected chi connectivity index (χ2v) is 9.24. The van der Waals surface area contributed by atoms with E-state index in [2.05, 4.69) is 0 Å². The Hall–Kier alpha value is -1.93. The van der Waals surface area contributed by atoms with Gasteiger partial charge in [0.1, 0.15) is 34.2 Å². The highest BCUT2D eigenvalue weighted by Crippen LogP contribution is 2.34. The molecule has 11 heteroatoms. The fraction of sp³-hybridized carbons (Fsp3) is 0.278. The van der Waals surface area contributed by atoms with Gasteiger partial charge in [0.15, 0.2) is 0 Å². The molecule has 3 rings (SSSR count). The maximum Gasteiger partial charge on any atom is 0.244 e. The van der Waals surface area contributed by atoms with Crippen LogP contribution in [0, 0.1) is 17.1 Å². The van der Waals surface area contributed by atoms with Crippen molar-refractivity contribution in [2.45, 2.75) is 16.6 Å². The number of ether oxygens (including phenoxy) is 1. The van der Waals surface area contributed by atoms with Crippen molar-refractivity contribution in [3.8, 4) is 11.8 Å². The number of nitriles is 1. The lowest BCUT2D eigenvalue weighted by atomic mass is 10.0. The summed E-state index contributed by atoms with van der Waals surface area (Å²) < 4.78 is 46.2. The monoisotopic (exact) mass is 460 g/mol. The molecule has 0 aliphatic carbocycles. The Morgan fingerprint density at radius 3 is 2.62 bits per heavy atom. The summed E-state index contributed by atoms with van der Waals surface area (Å²) in [5.74, 6) is -0.852. The van der Waals surface area contributed by atoms with E-state index >= 15 is 0 Å². The molecular weight excluding hydrogens is 446 g/mol. The van der Waals surface area contributed by atoms with Gasteiger partial charge < -0.3 is 14.9 Å². The molecule has 2 aromatic carbocycles. The van der Waals surface area contributed by atoms with Crippen molar-refractivity contribution in [1.82, 2.24) is 4.31 Å². The Balaban J connectivity index is 1.89. The molecule has 0 spiro atoms. The zero-order chi connectivity index (χ0) is 21.4. The summed E-state index contributed by atoms with van der Waals surface area (Å²) in [6.45, 7) is -1.58. The maximum absolute atomic E-state index is 13.8. The molecule has 0 amide bonds. The molecule has 0 radical (unpaired) electrons. The van der Waals surface area contributed by atoms with Gasteiger partial charge in [-0.05, 0) is 30.3 Å². The maximum atomic E-state index is 13.8. The number of nitrogens with zero attached hydrogens (tertiary/aromatic N) is 2. The van der Waals surface area contributed by atoms with Gasteiger partial charge in [-0.2, -0.15) is 9.57 Å². The second-order valence-electron chi connectivity index (χ2n) is 6.49. The molecule has 1 saturated heterocycles. The minimum atomic E-state index is -4.14. The first-order valence-electron chi connectivity index (χ1n) is 8.25. The number of aliphatic hydroxyl groups excluding tert-OH is 1. The van der Waals surface area contributed by atoms with Gasteiger partial charge in [0, 0.05) is 17.6 Å². The topological polar surface area (TPSA) is 111 Å². The van der Waals surface area contributed by atoms with Crippen molar-refractivity contribution in [2.75, 3.05) is 19.7 Å². The van der Waals surface area contributed by atoms with Gasteiger partial charge in [0.05, 0.1) is 23.7 Å². The van der Waals surface area contributed by atoms with E-state index in [-0.39, 0.29) is 32.8 Å². The average molecular weight is 461 g/mol. The number of sulfonamides is 1. The van der Waals surface area contributed by atoms with E-state index in [1.165, 1.54) is 30.3 Å². The van der Waals surface area contributed by atoms with Crippen LogP contribution in [-0.2, 0) is 10.0 Å². The summed E-state index contributed by atoms with van der Waals surface area (Å²) in [6, 6.07) is 9.00. The van der Waals surface area contributed by atoms with E-state index in [0.717, 1.165) is 10.4 Å². The molecular formula is C18H15Cl2FN2O5S. The molecule has 1 heterocycles. The third-order valence-electron chi connectivity index (χ3n) is 4.54. The Kier molecular flexibility index (Phi) is 6.06. The standard InChI is InChI=1S/C18H15Cl2FN2O5S/c19-12-2-4-16(14(20)5-12)29(26,27)23-8-17(18(25,9-23)10-24)28-13-3-1-11(7-22)15(21)6-13/h1-6,17,24-25H,8-10H2/t17-,18+/m0/s1. The van der Waals surface area contributed by atoms with Crippen molar-refractivity contribution in [2.24, 2.45) is 0 Å². The van der Waals surface area contributed by atoms with E-state index in [4.69, 9.17) is 33.2 Å². The summed E-state index contributed by atoms with van der Waals surface area (Å²) in [5, 5.41) is 29.3. The highest BCUT2D eigenvalue weighted by Gasteiger charge is 2.51. The third-order valence-corrected chi connectivity index (χ3v) is 7.07. The predicted molar refractivity (Wildman–Crippen MR) is 103 cm³/mol. The quantitative estimate of drug-likeness (QED) is 0.707. The highest BCUT2D eigenvalue weighted by molar-refractivity contribution is 7.89. The lowest BCUT2D eigenvalue weighted by molar-refractivity contribution is -0.0641. The lowest BCUT2D eigenvalue weighted by Crippen LogP contribution is -2.48. The van der Waals surface area contributed by atoms with Gasteiger partial charge in [-0.25, -0.2) is 12.8 Å². The van der Waals surface area contributed by atoms with E-state index in [9.17, 15) is 23.0 Å². The molecule has 0 bridgehead atoms. The van der Waals surface area contributed by atoms with Crippen molar-refractivity contribution >= 4 is 33.2 Å². The first-order chi connectivity index (χ1) is 13.6. The van der Waals surface area contributed by atoms with Gasteiger partial charge in [-0.15, -0.1) is 0 Å². The largest absolute Gasteiger partial charge is 0.486 e. The number of aliphatic hydroxyl groups is 2. The summed E-state index contributed by atoms with van der Waals surface area (Å²) >= 11 is 11.8. The predicted octanol–water partition coefficient (Wildman–Crippen LogP) is 2.18. The Bertz CT molecular complexity index is 1090. The normalized spacial score (nSPS) is 22.4. The van der Waals surface area contributed by atoms with Gasteiger partial charge in [-0.3, -0.25) is 0 Å². The number of hydrogen-bond acceptors (Lipinski definition) is 6. The zero-order valence-electron chi connectivity index (χ0n) is 14.7. The molecule has 2 N–H and O–H groups in total. The van der Waals surface area contributed by atoms with Gasteiger partial charge in [0.2, 0.25) is 10.0 Å². The average Bonchev–Trinajstić information content (AvgIpc) is 2.99. The molecule has 1 aliphatic rings. The Morgan fingerprint density at radius 2 is 2.03 bits per heavy atom. The molecule has 1 fully saturated rings. The minimum absolute atomic E-state index is 0.0258. The minimum Gasteiger partial charge on any atom is -0.486 e. The Labute approximate surface area is 176 Å². The number of halogens is 3. The molecule has 154 valence electrons. The first-order valence-corrected chi connectivity index (χ1v) is 10.4. The smallest absolute Gasteiger partial charge is 0.244 e. The van der Waals surface area contributed by atoms with Crippen LogP contribution in [0.5, 0.6) is 5.75 Å². The van der Waals surface area contributed by atoms with Crippen LogP contribution in [0.25, 0.3) is 0 Å². The van der Waals surface area contributed by atoms with Crippen molar-refractivity contribution in [3.63, 3.8) is 0 Å². The van der Waals surface area contributed by atoms with Crippen LogP contribution >= 0.6 is 23.2 Å². The molecule has 0 saturated carbocycles. The fourth-order valence-electron chi connectivity index (χ4n) is 2.96. The van der Waals surface area contributed by atoms with Crippen LogP contribution < -0.4 is 4.74 Å². The number of hydrogen-bond donors (Lipinski definition) is 2. The molecule has 2 atom stereocenters. The second kappa shape index (κ2) is 8.07. The van der Waals surface area contributed by atoms with Crippen molar-refractivity contribution < 1.29 is 27.8 Å². The van der Waals surface area contributed by atoms with Gasteiger partial charge in [0.25, 0.3) is 0 Å². The van der Waals surface area contributed by atoms with Crippen molar-refractivity contribution in [3.05, 3.63) is 57.8 Å². The van der Waals surface area contributed by atoms with Crippen LogP contribution in [0.3, 0.4) is 0 Å². The number of rotatable bonds is 5. The van der Waals surface area contributed by atoms with Crippen LogP contribution in [0.1, 0.15) is 5.56 Å². The van der Waals surface area contributed by atoms with Crippen LogP contribution in [0.2, 0.25) is 10.0 Å². The first kappa shape index (κ1) is 21.8. The molecule has 0 unspecified atom stereocenters. The van der Waals surface area contributed by atoms with E-state index in [0.29, 0.717) is 0 Å². The van der Waals surface area contributed by atoms with E-state index in [1.54, 1.807) is 6.07 Å². The van der Waals surface area contributed by atoms with Gasteiger partial charge >= 0.3 is 0 Å².